The number of hydrogen-bond acceptors (Lipinski definition) is 0. The van der Waals surface area contributed by atoms with Crippen LogP contribution in [0.2, 0.25) is 0 Å². The number of aromatic nitrogens is 1. The van der Waals surface area contributed by atoms with Crippen molar-refractivity contribution in [1.82, 2.24) is 4.40 Å². The highest BCUT2D eigenvalue weighted by atomic mass is 14.9. The van der Waals surface area contributed by atoms with Gasteiger partial charge < -0.3 is 4.40 Å². The molecule has 3 aromatic carbocycles. The van der Waals surface area contributed by atoms with Crippen LogP contribution >= 0.6 is 0 Å². The molecule has 0 aliphatic carbocycles. The van der Waals surface area contributed by atoms with E-state index in [1.807, 2.05) is 0 Å². The molecule has 0 unspecified atom stereocenters. The van der Waals surface area contributed by atoms with E-state index in [-0.39, 0.29) is 0 Å². The summed E-state index contributed by atoms with van der Waals surface area (Å²) in [6.07, 6.45) is 0. The highest BCUT2D eigenvalue weighted by molar-refractivity contribution is 6.23. The first-order chi connectivity index (χ1) is 9.45. The van der Waals surface area contributed by atoms with Crippen molar-refractivity contribution in [2.45, 2.75) is 0 Å². The van der Waals surface area contributed by atoms with Crippen molar-refractivity contribution in [3.63, 3.8) is 0 Å². The van der Waals surface area contributed by atoms with Crippen LogP contribution in [0, 0.1) is 0 Å². The van der Waals surface area contributed by atoms with Gasteiger partial charge in [-0.3, -0.25) is 0 Å². The molecule has 0 atom stereocenters. The molecule has 0 spiro atoms. The van der Waals surface area contributed by atoms with Crippen molar-refractivity contribution < 1.29 is 0 Å². The normalized spacial score (nSPS) is 12.2. The Morgan fingerprint density at radius 3 is 1.53 bits per heavy atom. The third kappa shape index (κ3) is 0.980. The predicted molar refractivity (Wildman–Crippen MR) is 81.1 cm³/mol. The van der Waals surface area contributed by atoms with Gasteiger partial charge in [-0.15, -0.1) is 0 Å². The minimum absolute atomic E-state index is 1.30. The molecule has 5 aromatic rings. The molecule has 0 amide bonds. The van der Waals surface area contributed by atoms with Crippen molar-refractivity contribution in [3.05, 3.63) is 66.7 Å². The molecule has 1 nitrogen and oxygen atoms in total. The molecule has 1 heteroatoms. The fourth-order valence-electron chi connectivity index (χ4n) is 3.38. The van der Waals surface area contributed by atoms with E-state index in [1.165, 1.54) is 38.1 Å². The van der Waals surface area contributed by atoms with Gasteiger partial charge in [0.05, 0.1) is 16.6 Å². The number of rotatable bonds is 0. The van der Waals surface area contributed by atoms with Crippen molar-refractivity contribution in [1.29, 1.82) is 0 Å². The van der Waals surface area contributed by atoms with Crippen LogP contribution < -0.4 is 0 Å². The second-order valence-corrected chi connectivity index (χ2v) is 5.07. The lowest BCUT2D eigenvalue weighted by Gasteiger charge is -1.95. The highest BCUT2D eigenvalue weighted by Gasteiger charge is 2.15. The predicted octanol–water partition coefficient (Wildman–Crippen LogP) is 4.84. The summed E-state index contributed by atoms with van der Waals surface area (Å²) in [5.74, 6) is 0. The van der Waals surface area contributed by atoms with Gasteiger partial charge in [0.25, 0.3) is 0 Å². The van der Waals surface area contributed by atoms with E-state index in [0.29, 0.717) is 0 Å². The zero-order valence-corrected chi connectivity index (χ0v) is 10.3. The second kappa shape index (κ2) is 3.07. The number of hydrogen-bond donors (Lipinski definition) is 0. The van der Waals surface area contributed by atoms with Crippen LogP contribution in [0.4, 0.5) is 0 Å². The lowest BCUT2D eigenvalue weighted by Crippen LogP contribution is -1.78. The minimum atomic E-state index is 1.30. The Bertz CT molecular complexity index is 972. The summed E-state index contributed by atoms with van der Waals surface area (Å²) in [6, 6.07) is 23.9. The van der Waals surface area contributed by atoms with Crippen LogP contribution in [0.15, 0.2) is 66.7 Å². The summed E-state index contributed by atoms with van der Waals surface area (Å²) >= 11 is 0. The zero-order chi connectivity index (χ0) is 12.4. The molecule has 0 saturated heterocycles. The average Bonchev–Trinajstić information content (AvgIpc) is 2.99. The average molecular weight is 241 g/mol. The topological polar surface area (TPSA) is 4.41 Å². The first-order valence-corrected chi connectivity index (χ1v) is 6.57. The van der Waals surface area contributed by atoms with E-state index in [0.717, 1.165) is 0 Å². The molecule has 2 heterocycles. The Balaban J connectivity index is 2.32. The summed E-state index contributed by atoms with van der Waals surface area (Å²) in [6.45, 7) is 0. The van der Waals surface area contributed by atoms with Gasteiger partial charge >= 0.3 is 0 Å². The quantitative estimate of drug-likeness (QED) is 0.365. The van der Waals surface area contributed by atoms with Gasteiger partial charge in [0.1, 0.15) is 0 Å². The molecule has 0 aliphatic rings. The van der Waals surface area contributed by atoms with Gasteiger partial charge in [-0.1, -0.05) is 54.6 Å². The van der Waals surface area contributed by atoms with Gasteiger partial charge in [-0.2, -0.15) is 0 Å². The van der Waals surface area contributed by atoms with Gasteiger partial charge in [0.2, 0.25) is 0 Å². The molecule has 19 heavy (non-hydrogen) atoms. The van der Waals surface area contributed by atoms with Crippen LogP contribution in [0.3, 0.4) is 0 Å². The van der Waals surface area contributed by atoms with Crippen molar-refractivity contribution in [3.8, 4) is 0 Å². The third-order valence-electron chi connectivity index (χ3n) is 4.13. The van der Waals surface area contributed by atoms with E-state index >= 15 is 0 Å². The van der Waals surface area contributed by atoms with Gasteiger partial charge in [-0.25, -0.2) is 0 Å². The lowest BCUT2D eigenvalue weighted by atomic mass is 10.1. The molecule has 88 valence electrons. The molecule has 0 fully saturated rings. The SMILES string of the molecule is c1ccc2c(c1)c1cccc3c4ccccc4n2c13. The monoisotopic (exact) mass is 241 g/mol. The summed E-state index contributed by atoms with van der Waals surface area (Å²) in [7, 11) is 0. The molecule has 0 radical (unpaired) electrons. The smallest absolute Gasteiger partial charge is 0.0620 e. The first kappa shape index (κ1) is 9.40. The first-order valence-electron chi connectivity index (χ1n) is 6.57. The Hall–Kier alpha value is -2.54. The maximum absolute atomic E-state index is 2.40. The van der Waals surface area contributed by atoms with E-state index in [9.17, 15) is 0 Å². The third-order valence-corrected chi connectivity index (χ3v) is 4.13. The van der Waals surface area contributed by atoms with Crippen molar-refractivity contribution in [2.75, 3.05) is 0 Å². The van der Waals surface area contributed by atoms with Gasteiger partial charge in [0.15, 0.2) is 0 Å². The summed E-state index contributed by atoms with van der Waals surface area (Å²) < 4.78 is 2.40. The molecular formula is C18H11N. The number of nitrogens with zero attached hydrogens (tertiary/aromatic N) is 1. The summed E-state index contributed by atoms with van der Waals surface area (Å²) in [5, 5.41) is 5.39. The second-order valence-electron chi connectivity index (χ2n) is 5.07. The summed E-state index contributed by atoms with van der Waals surface area (Å²) in [5.41, 5.74) is 3.95. The van der Waals surface area contributed by atoms with Crippen LogP contribution in [0.1, 0.15) is 0 Å². The Morgan fingerprint density at radius 1 is 0.474 bits per heavy atom. The van der Waals surface area contributed by atoms with E-state index in [2.05, 4.69) is 71.1 Å². The van der Waals surface area contributed by atoms with Crippen molar-refractivity contribution in [2.24, 2.45) is 0 Å². The van der Waals surface area contributed by atoms with E-state index in [1.54, 1.807) is 0 Å². The Kier molecular flexibility index (Phi) is 1.52. The lowest BCUT2D eigenvalue weighted by molar-refractivity contribution is 1.37. The van der Waals surface area contributed by atoms with Crippen LogP contribution in [0.25, 0.3) is 38.1 Å². The fourth-order valence-corrected chi connectivity index (χ4v) is 3.38. The molecule has 2 aromatic heterocycles. The maximum Gasteiger partial charge on any atom is 0.0620 e. The fraction of sp³-hybridized carbons (Fsp3) is 0. The number of fused-ring (bicyclic) bond motifs is 6. The molecule has 0 aliphatic heterocycles. The Morgan fingerprint density at radius 2 is 0.947 bits per heavy atom. The largest absolute Gasteiger partial charge is 0.308 e. The zero-order valence-electron chi connectivity index (χ0n) is 10.3. The maximum atomic E-state index is 2.40. The van der Waals surface area contributed by atoms with Gasteiger partial charge in [-0.05, 0) is 12.1 Å². The molecule has 0 N–H and O–H groups in total. The van der Waals surface area contributed by atoms with Gasteiger partial charge in [0, 0.05) is 21.5 Å². The molecular weight excluding hydrogens is 230 g/mol. The number of para-hydroxylation sites is 3. The molecule has 5 rings (SSSR count). The van der Waals surface area contributed by atoms with Crippen LogP contribution in [-0.4, -0.2) is 4.40 Å². The number of benzene rings is 3. The highest BCUT2D eigenvalue weighted by Crippen LogP contribution is 2.38. The summed E-state index contributed by atoms with van der Waals surface area (Å²) in [4.78, 5) is 0. The minimum Gasteiger partial charge on any atom is -0.308 e. The standard InChI is InChI=1S/C18H11N/c1-3-10-16-12(6-1)14-8-5-9-15-13-7-2-4-11-17(13)19(16)18(14)15/h1-11H. The Labute approximate surface area is 110 Å². The van der Waals surface area contributed by atoms with Crippen LogP contribution in [-0.2, 0) is 0 Å². The van der Waals surface area contributed by atoms with Crippen LogP contribution in [0.5, 0.6) is 0 Å². The van der Waals surface area contributed by atoms with E-state index < -0.39 is 0 Å². The van der Waals surface area contributed by atoms with E-state index in [4.69, 9.17) is 0 Å². The van der Waals surface area contributed by atoms with Crippen molar-refractivity contribution >= 4 is 38.1 Å². The molecule has 0 bridgehead atoms. The molecule has 0 saturated carbocycles.